The molecule has 1 aliphatic heterocycles. The summed E-state index contributed by atoms with van der Waals surface area (Å²) in [5.74, 6) is 1.12. The van der Waals surface area contributed by atoms with Crippen molar-refractivity contribution in [3.63, 3.8) is 0 Å². The molecule has 0 saturated carbocycles. The molecule has 3 rings (SSSR count). The third-order valence-electron chi connectivity index (χ3n) is 4.46. The van der Waals surface area contributed by atoms with Gasteiger partial charge in [-0.2, -0.15) is 0 Å². The van der Waals surface area contributed by atoms with Crippen LogP contribution in [0, 0.1) is 6.92 Å². The van der Waals surface area contributed by atoms with Crippen molar-refractivity contribution in [1.29, 1.82) is 0 Å². The Labute approximate surface area is 158 Å². The van der Waals surface area contributed by atoms with Gasteiger partial charge in [0.05, 0.1) is 25.9 Å². The number of nitrogens with zero attached hydrogens (tertiary/aromatic N) is 1. The van der Waals surface area contributed by atoms with E-state index >= 15 is 0 Å². The summed E-state index contributed by atoms with van der Waals surface area (Å²) in [7, 11) is 3.08. The van der Waals surface area contributed by atoms with Crippen LogP contribution in [0.4, 0.5) is 16.2 Å². The van der Waals surface area contributed by atoms with Crippen LogP contribution < -0.4 is 25.0 Å². The SMILES string of the molecule is COc1ccc(NC(=O)N[C@H]2CC(=O)N(c3ccc(C)cc3)C2)c(OC)c1. The van der Waals surface area contributed by atoms with Gasteiger partial charge in [0.15, 0.2) is 0 Å². The first kappa shape index (κ1) is 18.6. The molecule has 7 heteroatoms. The molecule has 2 aromatic rings. The summed E-state index contributed by atoms with van der Waals surface area (Å²) in [4.78, 5) is 26.3. The fourth-order valence-corrected chi connectivity index (χ4v) is 3.02. The molecular weight excluding hydrogens is 346 g/mol. The Hall–Kier alpha value is -3.22. The van der Waals surface area contributed by atoms with Crippen LogP contribution in [-0.2, 0) is 4.79 Å². The minimum absolute atomic E-state index is 0.00817. The Morgan fingerprint density at radius 2 is 1.85 bits per heavy atom. The van der Waals surface area contributed by atoms with Gasteiger partial charge >= 0.3 is 6.03 Å². The summed E-state index contributed by atoms with van der Waals surface area (Å²) in [6.45, 7) is 2.44. The maximum atomic E-state index is 12.3. The molecule has 1 atom stereocenters. The molecule has 27 heavy (non-hydrogen) atoms. The molecule has 0 bridgehead atoms. The largest absolute Gasteiger partial charge is 0.497 e. The zero-order chi connectivity index (χ0) is 19.4. The van der Waals surface area contributed by atoms with Crippen molar-refractivity contribution in [2.75, 3.05) is 31.0 Å². The number of amides is 3. The molecule has 142 valence electrons. The summed E-state index contributed by atoms with van der Waals surface area (Å²) >= 11 is 0. The highest BCUT2D eigenvalue weighted by molar-refractivity contribution is 5.98. The van der Waals surface area contributed by atoms with Crippen molar-refractivity contribution in [1.82, 2.24) is 5.32 Å². The van der Waals surface area contributed by atoms with Crippen molar-refractivity contribution < 1.29 is 19.1 Å². The zero-order valence-corrected chi connectivity index (χ0v) is 15.6. The minimum atomic E-state index is -0.387. The van der Waals surface area contributed by atoms with Gasteiger partial charge in [0.25, 0.3) is 0 Å². The van der Waals surface area contributed by atoms with E-state index in [1.807, 2.05) is 31.2 Å². The van der Waals surface area contributed by atoms with Crippen molar-refractivity contribution in [2.24, 2.45) is 0 Å². The molecule has 1 aliphatic rings. The molecule has 0 radical (unpaired) electrons. The highest BCUT2D eigenvalue weighted by Crippen LogP contribution is 2.29. The second-order valence-corrected chi connectivity index (χ2v) is 6.41. The van der Waals surface area contributed by atoms with E-state index in [1.165, 1.54) is 7.11 Å². The molecule has 3 amide bonds. The fourth-order valence-electron chi connectivity index (χ4n) is 3.02. The summed E-state index contributed by atoms with van der Waals surface area (Å²) < 4.78 is 10.4. The Balaban J connectivity index is 1.62. The molecule has 2 aromatic carbocycles. The van der Waals surface area contributed by atoms with Crippen LogP contribution in [0.5, 0.6) is 11.5 Å². The van der Waals surface area contributed by atoms with Gasteiger partial charge < -0.3 is 25.0 Å². The topological polar surface area (TPSA) is 79.9 Å². The number of rotatable bonds is 5. The lowest BCUT2D eigenvalue weighted by Crippen LogP contribution is -2.39. The standard InChI is InChI=1S/C20H23N3O4/c1-13-4-6-15(7-5-13)23-12-14(10-19(23)24)21-20(25)22-17-9-8-16(26-2)11-18(17)27-3/h4-9,11,14H,10,12H2,1-3H3,(H2,21,22,25)/t14-/m0/s1. The summed E-state index contributed by atoms with van der Waals surface area (Å²) in [6, 6.07) is 12.2. The molecule has 0 spiro atoms. The number of ether oxygens (including phenoxy) is 2. The maximum Gasteiger partial charge on any atom is 0.319 e. The zero-order valence-electron chi connectivity index (χ0n) is 15.6. The van der Waals surface area contributed by atoms with Gasteiger partial charge in [-0.05, 0) is 31.2 Å². The van der Waals surface area contributed by atoms with Crippen molar-refractivity contribution in [3.05, 3.63) is 48.0 Å². The molecule has 0 unspecified atom stereocenters. The number of carbonyl (C=O) groups is 2. The minimum Gasteiger partial charge on any atom is -0.497 e. The van der Waals surface area contributed by atoms with E-state index in [2.05, 4.69) is 10.6 Å². The third kappa shape index (κ3) is 4.31. The second-order valence-electron chi connectivity index (χ2n) is 6.41. The number of benzene rings is 2. The van der Waals surface area contributed by atoms with E-state index in [4.69, 9.17) is 9.47 Å². The van der Waals surface area contributed by atoms with E-state index in [1.54, 1.807) is 30.2 Å². The second kappa shape index (κ2) is 7.99. The normalized spacial score (nSPS) is 16.2. The van der Waals surface area contributed by atoms with Gasteiger partial charge in [-0.3, -0.25) is 4.79 Å². The van der Waals surface area contributed by atoms with Gasteiger partial charge in [-0.15, -0.1) is 0 Å². The lowest BCUT2D eigenvalue weighted by molar-refractivity contribution is -0.117. The highest BCUT2D eigenvalue weighted by atomic mass is 16.5. The first-order chi connectivity index (χ1) is 13.0. The average molecular weight is 369 g/mol. The molecule has 0 aliphatic carbocycles. The van der Waals surface area contributed by atoms with Crippen LogP contribution in [0.25, 0.3) is 0 Å². The first-order valence-corrected chi connectivity index (χ1v) is 8.66. The van der Waals surface area contributed by atoms with Gasteiger partial charge in [0.1, 0.15) is 11.5 Å². The van der Waals surface area contributed by atoms with E-state index in [9.17, 15) is 9.59 Å². The van der Waals surface area contributed by atoms with Crippen LogP contribution in [0.1, 0.15) is 12.0 Å². The van der Waals surface area contributed by atoms with E-state index in [-0.39, 0.29) is 24.4 Å². The summed E-state index contributed by atoms with van der Waals surface area (Å²) in [5.41, 5.74) is 2.50. The number of hydrogen-bond donors (Lipinski definition) is 2. The first-order valence-electron chi connectivity index (χ1n) is 8.66. The smallest absolute Gasteiger partial charge is 0.319 e. The molecular formula is C20H23N3O4. The maximum absolute atomic E-state index is 12.3. The lowest BCUT2D eigenvalue weighted by atomic mass is 10.2. The summed E-state index contributed by atoms with van der Waals surface area (Å²) in [6.07, 6.45) is 0.265. The van der Waals surface area contributed by atoms with Gasteiger partial charge in [0, 0.05) is 24.7 Å². The lowest BCUT2D eigenvalue weighted by Gasteiger charge is -2.18. The van der Waals surface area contributed by atoms with Crippen LogP contribution in [-0.4, -0.2) is 38.7 Å². The van der Waals surface area contributed by atoms with E-state index in [0.29, 0.717) is 23.7 Å². The predicted molar refractivity (Wildman–Crippen MR) is 104 cm³/mol. The monoisotopic (exact) mass is 369 g/mol. The predicted octanol–water partition coefficient (Wildman–Crippen LogP) is 2.94. The molecule has 0 aromatic heterocycles. The Bertz CT molecular complexity index is 836. The fraction of sp³-hybridized carbons (Fsp3) is 0.300. The Kier molecular flexibility index (Phi) is 5.49. The van der Waals surface area contributed by atoms with Gasteiger partial charge in [-0.1, -0.05) is 17.7 Å². The number of hydrogen-bond acceptors (Lipinski definition) is 4. The van der Waals surface area contributed by atoms with Crippen molar-refractivity contribution in [2.45, 2.75) is 19.4 Å². The molecule has 7 nitrogen and oxygen atoms in total. The number of carbonyl (C=O) groups excluding carboxylic acids is 2. The van der Waals surface area contributed by atoms with Crippen LogP contribution in [0.15, 0.2) is 42.5 Å². The number of aryl methyl sites for hydroxylation is 1. The Morgan fingerprint density at radius 1 is 1.11 bits per heavy atom. The number of urea groups is 1. The molecule has 1 fully saturated rings. The van der Waals surface area contributed by atoms with Gasteiger partial charge in [0.2, 0.25) is 5.91 Å². The Morgan fingerprint density at radius 3 is 2.52 bits per heavy atom. The molecule has 1 saturated heterocycles. The molecule has 1 heterocycles. The van der Waals surface area contributed by atoms with Crippen LogP contribution in [0.2, 0.25) is 0 Å². The quantitative estimate of drug-likeness (QED) is 0.849. The summed E-state index contributed by atoms with van der Waals surface area (Å²) in [5, 5.41) is 5.61. The number of anilines is 2. The van der Waals surface area contributed by atoms with E-state index in [0.717, 1.165) is 11.3 Å². The van der Waals surface area contributed by atoms with Crippen LogP contribution in [0.3, 0.4) is 0 Å². The average Bonchev–Trinajstić information content (AvgIpc) is 3.02. The highest BCUT2D eigenvalue weighted by Gasteiger charge is 2.31. The van der Waals surface area contributed by atoms with Gasteiger partial charge in [-0.25, -0.2) is 4.79 Å². The number of methoxy groups -OCH3 is 2. The molecule has 2 N–H and O–H groups in total. The van der Waals surface area contributed by atoms with Crippen molar-refractivity contribution in [3.8, 4) is 11.5 Å². The number of nitrogens with one attached hydrogen (secondary N) is 2. The van der Waals surface area contributed by atoms with Crippen molar-refractivity contribution >= 4 is 23.3 Å². The van der Waals surface area contributed by atoms with E-state index < -0.39 is 0 Å². The third-order valence-corrected chi connectivity index (χ3v) is 4.46. The van der Waals surface area contributed by atoms with Crippen LogP contribution >= 0.6 is 0 Å².